The number of nitrogens with one attached hydrogen (secondary N) is 2. The van der Waals surface area contributed by atoms with E-state index in [0.29, 0.717) is 5.92 Å². The molecule has 2 N–H and O–H groups in total. The van der Waals surface area contributed by atoms with Gasteiger partial charge >= 0.3 is 0 Å². The summed E-state index contributed by atoms with van der Waals surface area (Å²) >= 11 is 1.81. The fraction of sp³-hybridized carbons (Fsp3) is 0.636. The van der Waals surface area contributed by atoms with Crippen molar-refractivity contribution in [2.75, 3.05) is 33.2 Å². The number of halogens is 1. The van der Waals surface area contributed by atoms with Crippen LogP contribution in [0.1, 0.15) is 48.9 Å². The largest absolute Gasteiger partial charge is 0.444 e. The average molecular weight is 546 g/mol. The molecule has 2 aromatic rings. The standard InChI is InChI=1S/C22H35N5OS.HI/c1-16-17(2)28-20(26-16)14-27-10-8-18(9-11-27)13-24-21(23-5)25-15-22(3,4)19-7-6-12-29-19;/h6-7,12,18H,8-11,13-15H2,1-5H3,(H2,23,24,25);1H. The highest BCUT2D eigenvalue weighted by Gasteiger charge is 2.23. The van der Waals surface area contributed by atoms with Crippen LogP contribution < -0.4 is 10.6 Å². The van der Waals surface area contributed by atoms with Crippen LogP contribution in [0.5, 0.6) is 0 Å². The van der Waals surface area contributed by atoms with Gasteiger partial charge in [-0.15, -0.1) is 35.3 Å². The molecule has 1 saturated heterocycles. The Bertz CT molecular complexity index is 775. The van der Waals surface area contributed by atoms with Crippen molar-refractivity contribution in [3.8, 4) is 0 Å². The number of thiophene rings is 1. The monoisotopic (exact) mass is 545 g/mol. The van der Waals surface area contributed by atoms with Gasteiger partial charge in [0.15, 0.2) is 5.96 Å². The molecule has 0 radical (unpaired) electrons. The van der Waals surface area contributed by atoms with Crippen LogP contribution in [0.4, 0.5) is 0 Å². The molecule has 0 aliphatic carbocycles. The maximum absolute atomic E-state index is 5.73. The van der Waals surface area contributed by atoms with Crippen molar-refractivity contribution >= 4 is 41.3 Å². The number of hydrogen-bond acceptors (Lipinski definition) is 5. The minimum absolute atomic E-state index is 0. The number of piperidine rings is 1. The molecule has 1 aliphatic heterocycles. The first kappa shape index (κ1) is 25.1. The van der Waals surface area contributed by atoms with Crippen molar-refractivity contribution in [2.24, 2.45) is 10.9 Å². The topological polar surface area (TPSA) is 65.7 Å². The molecule has 0 unspecified atom stereocenters. The maximum Gasteiger partial charge on any atom is 0.208 e. The van der Waals surface area contributed by atoms with E-state index in [1.54, 1.807) is 0 Å². The lowest BCUT2D eigenvalue weighted by Gasteiger charge is -2.31. The average Bonchev–Trinajstić information content (AvgIpc) is 3.34. The second kappa shape index (κ2) is 11.5. The van der Waals surface area contributed by atoms with Gasteiger partial charge in [0, 0.05) is 30.4 Å². The van der Waals surface area contributed by atoms with E-state index < -0.39 is 0 Å². The van der Waals surface area contributed by atoms with E-state index >= 15 is 0 Å². The highest BCUT2D eigenvalue weighted by atomic mass is 127. The third-order valence-electron chi connectivity index (χ3n) is 5.81. The number of guanidine groups is 1. The summed E-state index contributed by atoms with van der Waals surface area (Å²) in [6.07, 6.45) is 2.37. The molecule has 30 heavy (non-hydrogen) atoms. The first-order valence-electron chi connectivity index (χ1n) is 10.5. The first-order chi connectivity index (χ1) is 13.9. The molecule has 0 aromatic carbocycles. The summed E-state index contributed by atoms with van der Waals surface area (Å²) in [4.78, 5) is 12.7. The van der Waals surface area contributed by atoms with Crippen molar-refractivity contribution in [3.63, 3.8) is 0 Å². The maximum atomic E-state index is 5.73. The zero-order valence-electron chi connectivity index (χ0n) is 18.8. The van der Waals surface area contributed by atoms with Crippen LogP contribution >= 0.6 is 35.3 Å². The molecule has 3 rings (SSSR count). The Hall–Kier alpha value is -1.13. The van der Waals surface area contributed by atoms with Gasteiger partial charge in [-0.2, -0.15) is 0 Å². The number of rotatable bonds is 7. The van der Waals surface area contributed by atoms with Crippen LogP contribution in [0.25, 0.3) is 0 Å². The van der Waals surface area contributed by atoms with E-state index in [9.17, 15) is 0 Å². The lowest BCUT2D eigenvalue weighted by Crippen LogP contribution is -2.45. The van der Waals surface area contributed by atoms with Gasteiger partial charge in [0.2, 0.25) is 5.89 Å². The molecule has 168 valence electrons. The zero-order chi connectivity index (χ0) is 20.9. The highest BCUT2D eigenvalue weighted by molar-refractivity contribution is 14.0. The Kier molecular flexibility index (Phi) is 9.62. The number of hydrogen-bond donors (Lipinski definition) is 2. The fourth-order valence-corrected chi connectivity index (χ4v) is 4.52. The van der Waals surface area contributed by atoms with E-state index in [4.69, 9.17) is 4.42 Å². The minimum Gasteiger partial charge on any atom is -0.444 e. The Balaban J connectivity index is 0.00000320. The predicted octanol–water partition coefficient (Wildman–Crippen LogP) is 4.33. The third kappa shape index (κ3) is 6.95. The summed E-state index contributed by atoms with van der Waals surface area (Å²) in [5.74, 6) is 3.33. The van der Waals surface area contributed by atoms with Gasteiger partial charge in [0.1, 0.15) is 5.76 Å². The summed E-state index contributed by atoms with van der Waals surface area (Å²) < 4.78 is 5.73. The van der Waals surface area contributed by atoms with Crippen molar-refractivity contribution in [2.45, 2.75) is 52.5 Å². The van der Waals surface area contributed by atoms with E-state index in [1.165, 1.54) is 17.7 Å². The van der Waals surface area contributed by atoms with Crippen LogP contribution in [0.15, 0.2) is 26.9 Å². The molecule has 0 spiro atoms. The van der Waals surface area contributed by atoms with E-state index in [-0.39, 0.29) is 29.4 Å². The summed E-state index contributed by atoms with van der Waals surface area (Å²) in [7, 11) is 1.84. The molecule has 6 nitrogen and oxygen atoms in total. The second-order valence-corrected chi connectivity index (χ2v) is 9.58. The molecule has 3 heterocycles. The Labute approximate surface area is 202 Å². The smallest absolute Gasteiger partial charge is 0.208 e. The van der Waals surface area contributed by atoms with Gasteiger partial charge in [-0.25, -0.2) is 4.98 Å². The number of aliphatic imine (C=N–C) groups is 1. The number of oxazole rings is 1. The third-order valence-corrected chi connectivity index (χ3v) is 7.04. The molecule has 1 aliphatic rings. The van der Waals surface area contributed by atoms with Crippen molar-refractivity contribution in [1.82, 2.24) is 20.5 Å². The quantitative estimate of drug-likeness (QED) is 0.308. The van der Waals surface area contributed by atoms with Gasteiger partial charge < -0.3 is 15.1 Å². The summed E-state index contributed by atoms with van der Waals surface area (Å²) in [5, 5.41) is 9.17. The molecule has 0 bridgehead atoms. The molecule has 8 heteroatoms. The zero-order valence-corrected chi connectivity index (χ0v) is 22.0. The number of nitrogens with zero attached hydrogens (tertiary/aromatic N) is 3. The lowest BCUT2D eigenvalue weighted by atomic mass is 9.91. The lowest BCUT2D eigenvalue weighted by molar-refractivity contribution is 0.164. The summed E-state index contributed by atoms with van der Waals surface area (Å²) in [6, 6.07) is 4.32. The molecule has 0 saturated carbocycles. The van der Waals surface area contributed by atoms with Crippen LogP contribution in [0.3, 0.4) is 0 Å². The Morgan fingerprint density at radius 2 is 2.03 bits per heavy atom. The van der Waals surface area contributed by atoms with Gasteiger partial charge in [-0.1, -0.05) is 19.9 Å². The van der Waals surface area contributed by atoms with E-state index in [1.807, 2.05) is 32.2 Å². The number of likely N-dealkylation sites (tertiary alicyclic amines) is 1. The van der Waals surface area contributed by atoms with Crippen molar-refractivity contribution in [3.05, 3.63) is 39.7 Å². The molecular weight excluding hydrogens is 509 g/mol. The molecule has 0 atom stereocenters. The van der Waals surface area contributed by atoms with E-state index in [0.717, 1.165) is 56.0 Å². The second-order valence-electron chi connectivity index (χ2n) is 8.64. The Morgan fingerprint density at radius 1 is 1.30 bits per heavy atom. The summed E-state index contributed by atoms with van der Waals surface area (Å²) in [6.45, 7) is 13.3. The highest BCUT2D eigenvalue weighted by Crippen LogP contribution is 2.26. The molecule has 1 fully saturated rings. The first-order valence-corrected chi connectivity index (χ1v) is 11.4. The summed E-state index contributed by atoms with van der Waals surface area (Å²) in [5.41, 5.74) is 1.09. The van der Waals surface area contributed by atoms with Gasteiger partial charge in [-0.3, -0.25) is 9.89 Å². The molecular formula is C22H36IN5OS. The number of aryl methyl sites for hydroxylation is 2. The van der Waals surface area contributed by atoms with Crippen LogP contribution in [-0.2, 0) is 12.0 Å². The normalized spacial score (nSPS) is 16.4. The molecule has 0 amide bonds. The van der Waals surface area contributed by atoms with Crippen LogP contribution in [-0.4, -0.2) is 49.1 Å². The van der Waals surface area contributed by atoms with E-state index in [2.05, 4.69) is 56.9 Å². The SMILES string of the molecule is CN=C(NCC1CCN(Cc2nc(C)c(C)o2)CC1)NCC(C)(C)c1cccs1.I. The van der Waals surface area contributed by atoms with Gasteiger partial charge in [-0.05, 0) is 57.1 Å². The van der Waals surface area contributed by atoms with Crippen molar-refractivity contribution in [1.29, 1.82) is 0 Å². The van der Waals surface area contributed by atoms with Crippen LogP contribution in [0.2, 0.25) is 0 Å². The number of aromatic nitrogens is 1. The fourth-order valence-electron chi connectivity index (χ4n) is 3.66. The van der Waals surface area contributed by atoms with Crippen molar-refractivity contribution < 1.29 is 4.42 Å². The van der Waals surface area contributed by atoms with Gasteiger partial charge in [0.05, 0.1) is 12.2 Å². The Morgan fingerprint density at radius 3 is 2.60 bits per heavy atom. The predicted molar refractivity (Wildman–Crippen MR) is 136 cm³/mol. The minimum atomic E-state index is 0. The van der Waals surface area contributed by atoms with Crippen LogP contribution in [0, 0.1) is 19.8 Å². The van der Waals surface area contributed by atoms with Gasteiger partial charge in [0.25, 0.3) is 0 Å². The molecule has 2 aromatic heterocycles.